The fourth-order valence-corrected chi connectivity index (χ4v) is 11.1. The second kappa shape index (κ2) is 8.99. The maximum absolute atomic E-state index is 13.7. The van der Waals surface area contributed by atoms with Gasteiger partial charge in [0.1, 0.15) is 18.0 Å². The van der Waals surface area contributed by atoms with Gasteiger partial charge in [-0.25, -0.2) is 0 Å². The molecule has 0 heterocycles. The van der Waals surface area contributed by atoms with Crippen molar-refractivity contribution in [1.29, 1.82) is 0 Å². The van der Waals surface area contributed by atoms with Gasteiger partial charge in [-0.05, 0) is 84.0 Å². The van der Waals surface area contributed by atoms with Gasteiger partial charge in [-0.1, -0.05) is 41.2 Å². The molecule has 1 unspecified atom stereocenters. The van der Waals surface area contributed by atoms with Crippen LogP contribution in [0.3, 0.4) is 0 Å². The third kappa shape index (κ3) is 3.47. The number of aliphatic hydroxyl groups is 2. The average molecular weight is 529 g/mol. The second-order valence-corrected chi connectivity index (χ2v) is 14.4. The van der Waals surface area contributed by atoms with E-state index in [0.29, 0.717) is 29.6 Å². The van der Waals surface area contributed by atoms with Crippen molar-refractivity contribution in [2.45, 2.75) is 105 Å². The third-order valence-corrected chi connectivity index (χ3v) is 13.3. The minimum absolute atomic E-state index is 0.107. The van der Waals surface area contributed by atoms with Crippen LogP contribution >= 0.6 is 0 Å². The maximum Gasteiger partial charge on any atom is 0.302 e. The van der Waals surface area contributed by atoms with E-state index in [4.69, 9.17) is 4.74 Å². The van der Waals surface area contributed by atoms with E-state index in [1.165, 1.54) is 13.3 Å². The van der Waals surface area contributed by atoms with Gasteiger partial charge in [0.15, 0.2) is 5.78 Å². The minimum Gasteiger partial charge on any atom is -0.462 e. The molecule has 12 atom stereocenters. The monoisotopic (exact) mass is 528 g/mol. The van der Waals surface area contributed by atoms with Crippen molar-refractivity contribution in [3.8, 4) is 0 Å². The summed E-state index contributed by atoms with van der Waals surface area (Å²) >= 11 is 0. The highest BCUT2D eigenvalue weighted by molar-refractivity contribution is 5.88. The molecule has 5 aliphatic carbocycles. The van der Waals surface area contributed by atoms with Crippen molar-refractivity contribution in [3.63, 3.8) is 0 Å². The lowest BCUT2D eigenvalue weighted by Crippen LogP contribution is -2.56. The van der Waals surface area contributed by atoms with Gasteiger partial charge in [-0.2, -0.15) is 0 Å². The summed E-state index contributed by atoms with van der Waals surface area (Å²) in [7, 11) is 0. The topological polar surface area (TPSA) is 101 Å². The number of carbonyl (C=O) groups is 3. The molecular weight excluding hydrogens is 480 g/mol. The Morgan fingerprint density at radius 3 is 2.42 bits per heavy atom. The van der Waals surface area contributed by atoms with Crippen molar-refractivity contribution >= 4 is 17.5 Å². The van der Waals surface area contributed by atoms with Crippen molar-refractivity contribution in [2.75, 3.05) is 6.61 Å². The van der Waals surface area contributed by atoms with Crippen LogP contribution in [0.15, 0.2) is 12.2 Å². The van der Waals surface area contributed by atoms with Crippen molar-refractivity contribution in [1.82, 2.24) is 0 Å². The van der Waals surface area contributed by atoms with Crippen LogP contribution in [0.5, 0.6) is 0 Å². The van der Waals surface area contributed by atoms with Gasteiger partial charge < -0.3 is 14.9 Å². The molecule has 0 amide bonds. The molecule has 5 aliphatic rings. The zero-order valence-corrected chi connectivity index (χ0v) is 24.2. The lowest BCUT2D eigenvalue weighted by atomic mass is 9.43. The van der Waals surface area contributed by atoms with E-state index in [0.717, 1.165) is 38.5 Å². The summed E-state index contributed by atoms with van der Waals surface area (Å²) in [6.45, 7) is 15.7. The van der Waals surface area contributed by atoms with Gasteiger partial charge in [0, 0.05) is 43.6 Å². The Morgan fingerprint density at radius 1 is 1.11 bits per heavy atom. The van der Waals surface area contributed by atoms with E-state index in [2.05, 4.69) is 27.4 Å². The number of aliphatic hydroxyl groups excluding tert-OH is 2. The van der Waals surface area contributed by atoms with E-state index in [1.54, 1.807) is 6.92 Å². The molecular formula is C32H48O6. The molecule has 38 heavy (non-hydrogen) atoms. The molecule has 0 radical (unpaired) electrons. The van der Waals surface area contributed by atoms with E-state index < -0.39 is 12.0 Å². The van der Waals surface area contributed by atoms with Crippen LogP contribution in [-0.4, -0.2) is 46.6 Å². The smallest absolute Gasteiger partial charge is 0.302 e. The molecule has 5 rings (SSSR count). The van der Waals surface area contributed by atoms with E-state index >= 15 is 0 Å². The van der Waals surface area contributed by atoms with Gasteiger partial charge in [0.2, 0.25) is 0 Å². The summed E-state index contributed by atoms with van der Waals surface area (Å²) < 4.78 is 6.01. The van der Waals surface area contributed by atoms with Crippen molar-refractivity contribution < 1.29 is 29.3 Å². The van der Waals surface area contributed by atoms with Crippen LogP contribution in [0.2, 0.25) is 0 Å². The largest absolute Gasteiger partial charge is 0.462 e. The molecule has 2 N–H and O–H groups in total. The highest BCUT2D eigenvalue weighted by Gasteiger charge is 2.82. The maximum atomic E-state index is 13.7. The van der Waals surface area contributed by atoms with Crippen LogP contribution in [0.1, 0.15) is 92.9 Å². The Morgan fingerprint density at radius 2 is 1.79 bits per heavy atom. The van der Waals surface area contributed by atoms with Crippen molar-refractivity contribution in [3.05, 3.63) is 12.2 Å². The molecule has 5 saturated carbocycles. The predicted octanol–water partition coefficient (Wildman–Crippen LogP) is 4.90. The van der Waals surface area contributed by atoms with Gasteiger partial charge >= 0.3 is 5.97 Å². The number of hydrogen-bond acceptors (Lipinski definition) is 6. The molecule has 6 nitrogen and oxygen atoms in total. The van der Waals surface area contributed by atoms with Gasteiger partial charge in [0.25, 0.3) is 0 Å². The summed E-state index contributed by atoms with van der Waals surface area (Å²) in [6, 6.07) is 0. The highest BCUT2D eigenvalue weighted by Crippen LogP contribution is 2.88. The number of rotatable bonds is 7. The SMILES string of the molecule is C=C(C(O)C(=O)[C@@H](C)[C@H]1[C@@H](OC(C)=O)C[C@@]2(C)[C@@H]3CC[C@H]4[C@H](C)C(=O)CC[C@@]45C[C@@]35CC[C@]12C)[C@@H](C)CO. The second-order valence-electron chi connectivity index (χ2n) is 14.4. The Hall–Kier alpha value is -1.53. The zero-order chi connectivity index (χ0) is 28.0. The fourth-order valence-electron chi connectivity index (χ4n) is 11.1. The van der Waals surface area contributed by atoms with E-state index in [-0.39, 0.29) is 63.9 Å². The molecule has 0 saturated heterocycles. The summed E-state index contributed by atoms with van der Waals surface area (Å²) in [5.41, 5.74) is 0.532. The summed E-state index contributed by atoms with van der Waals surface area (Å²) in [6.07, 6.45) is 6.18. The van der Waals surface area contributed by atoms with Crippen LogP contribution in [0, 0.1) is 57.2 Å². The van der Waals surface area contributed by atoms with Gasteiger partial charge in [-0.3, -0.25) is 14.4 Å². The molecule has 0 aromatic heterocycles. The summed E-state index contributed by atoms with van der Waals surface area (Å²) in [4.78, 5) is 38.6. The molecule has 2 spiro atoms. The lowest BCUT2D eigenvalue weighted by molar-refractivity contribution is -0.157. The summed E-state index contributed by atoms with van der Waals surface area (Å²) in [5, 5.41) is 20.5. The molecule has 5 fully saturated rings. The number of hydrogen-bond donors (Lipinski definition) is 2. The molecule has 0 aromatic carbocycles. The number of ether oxygens (including phenoxy) is 1. The number of esters is 1. The minimum atomic E-state index is -1.35. The third-order valence-electron chi connectivity index (χ3n) is 13.3. The first-order valence-electron chi connectivity index (χ1n) is 14.9. The molecule has 212 valence electrons. The number of ketones is 2. The number of carbonyl (C=O) groups excluding carboxylic acids is 3. The average Bonchev–Trinajstić information content (AvgIpc) is 3.48. The lowest BCUT2D eigenvalue weighted by Gasteiger charge is -2.61. The molecule has 0 bridgehead atoms. The fraction of sp³-hybridized carbons (Fsp3) is 0.844. The first-order valence-corrected chi connectivity index (χ1v) is 14.9. The van der Waals surface area contributed by atoms with Gasteiger partial charge in [0.05, 0.1) is 0 Å². The molecule has 0 aromatic rings. The van der Waals surface area contributed by atoms with Gasteiger partial charge in [-0.15, -0.1) is 0 Å². The standard InChI is InChI=1S/C32H48O6/c1-17(15-33)18(2)27(36)28(37)20(4)26-24(38-21(5)34)14-30(7)25-9-8-22-19(3)23(35)10-11-31(22)16-32(25,31)13-12-29(26,30)6/h17,19-20,22,24-27,33,36H,2,8-16H2,1,3-7H3/t17-,19-,20-,22-,24-,25-,26-,27?,29+,30-,31+,32-/m0/s1. The zero-order valence-electron chi connectivity index (χ0n) is 24.2. The van der Waals surface area contributed by atoms with Crippen LogP contribution < -0.4 is 0 Å². The predicted molar refractivity (Wildman–Crippen MR) is 144 cm³/mol. The normalized spacial score (nSPS) is 47.5. The Kier molecular flexibility index (Phi) is 6.63. The molecule has 6 heteroatoms. The van der Waals surface area contributed by atoms with E-state index in [9.17, 15) is 24.6 Å². The molecule has 0 aliphatic heterocycles. The van der Waals surface area contributed by atoms with E-state index in [1.807, 2.05) is 6.92 Å². The quantitative estimate of drug-likeness (QED) is 0.360. The Labute approximate surface area is 228 Å². The van der Waals surface area contributed by atoms with Crippen LogP contribution in [0.4, 0.5) is 0 Å². The first kappa shape index (κ1) is 28.0. The Balaban J connectivity index is 1.49. The first-order chi connectivity index (χ1) is 17.7. The number of Topliss-reactive ketones (excluding diaryl/α,β-unsaturated/α-hetero) is 2. The summed E-state index contributed by atoms with van der Waals surface area (Å²) in [5.74, 6) is -0.164. The Bertz CT molecular complexity index is 1050. The van der Waals surface area contributed by atoms with Crippen molar-refractivity contribution in [2.24, 2.45) is 57.2 Å². The highest BCUT2D eigenvalue weighted by atomic mass is 16.5. The van der Waals surface area contributed by atoms with Crippen LogP contribution in [-0.2, 0) is 19.1 Å². The number of fused-ring (bicyclic) bond motifs is 2. The van der Waals surface area contributed by atoms with Crippen LogP contribution in [0.25, 0.3) is 0 Å².